The quantitative estimate of drug-likeness (QED) is 0.451. The van der Waals surface area contributed by atoms with Gasteiger partial charge in [-0.25, -0.2) is 0 Å². The Hall–Kier alpha value is -2.34. The Morgan fingerprint density at radius 3 is 1.69 bits per heavy atom. The van der Waals surface area contributed by atoms with Crippen molar-refractivity contribution >= 4 is 25.9 Å². The van der Waals surface area contributed by atoms with Crippen molar-refractivity contribution in [2.45, 2.75) is 30.6 Å². The van der Waals surface area contributed by atoms with Gasteiger partial charge in [-0.2, -0.15) is 16.8 Å². The van der Waals surface area contributed by atoms with Crippen molar-refractivity contribution in [3.05, 3.63) is 63.2 Å². The predicted molar refractivity (Wildman–Crippen MR) is 93.4 cm³/mol. The minimum atomic E-state index is -4.52. The van der Waals surface area contributed by atoms with E-state index in [4.69, 9.17) is 9.11 Å². The zero-order valence-electron chi connectivity index (χ0n) is 14.1. The molecule has 0 atom stereocenters. The number of rotatable bonds is 3. The predicted octanol–water partition coefficient (Wildman–Crippen LogP) is 2.70. The highest BCUT2D eigenvalue weighted by Gasteiger charge is 2.22. The maximum atomic E-state index is 10.9. The van der Waals surface area contributed by atoms with E-state index >= 15 is 0 Å². The molecule has 9 nitrogen and oxygen atoms in total. The average Bonchev–Trinajstić information content (AvgIpc) is 2.44. The smallest absolute Gasteiger partial charge is 0.282 e. The molecule has 2 aromatic rings. The maximum Gasteiger partial charge on any atom is 0.301 e. The Bertz CT molecular complexity index is 1020. The van der Waals surface area contributed by atoms with Gasteiger partial charge in [0.25, 0.3) is 15.8 Å². The van der Waals surface area contributed by atoms with Gasteiger partial charge in [0.05, 0.1) is 9.82 Å². The van der Waals surface area contributed by atoms with Crippen LogP contribution in [0, 0.1) is 30.9 Å². The first kappa shape index (κ1) is 21.7. The van der Waals surface area contributed by atoms with Crippen LogP contribution in [0.2, 0.25) is 0 Å². The van der Waals surface area contributed by atoms with Gasteiger partial charge in [-0.1, -0.05) is 29.8 Å². The highest BCUT2D eigenvalue weighted by molar-refractivity contribution is 7.86. The molecule has 0 unspecified atom stereocenters. The summed E-state index contributed by atoms with van der Waals surface area (Å²) in [6, 6.07) is 8.03. The van der Waals surface area contributed by atoms with Crippen molar-refractivity contribution in [1.82, 2.24) is 0 Å². The van der Waals surface area contributed by atoms with E-state index in [0.29, 0.717) is 11.1 Å². The molecule has 142 valence electrons. The highest BCUT2D eigenvalue weighted by atomic mass is 32.2. The molecule has 0 spiro atoms. The third kappa shape index (κ3) is 5.59. The molecule has 0 bridgehead atoms. The van der Waals surface area contributed by atoms with Gasteiger partial charge in [-0.05, 0) is 38.0 Å². The molecule has 26 heavy (non-hydrogen) atoms. The summed E-state index contributed by atoms with van der Waals surface area (Å²) in [5, 5.41) is 10.3. The zero-order chi connectivity index (χ0) is 20.3. The average molecular weight is 403 g/mol. The minimum Gasteiger partial charge on any atom is -0.282 e. The van der Waals surface area contributed by atoms with Gasteiger partial charge in [-0.15, -0.1) is 0 Å². The lowest BCUT2D eigenvalue weighted by Crippen LogP contribution is -2.04. The summed E-state index contributed by atoms with van der Waals surface area (Å²) < 4.78 is 60.6. The largest absolute Gasteiger partial charge is 0.301 e. The highest BCUT2D eigenvalue weighted by Crippen LogP contribution is 2.22. The Morgan fingerprint density at radius 2 is 1.35 bits per heavy atom. The van der Waals surface area contributed by atoms with Gasteiger partial charge in [-0.3, -0.25) is 19.2 Å². The second-order valence-corrected chi connectivity index (χ2v) is 8.15. The van der Waals surface area contributed by atoms with E-state index < -0.39 is 35.7 Å². The van der Waals surface area contributed by atoms with E-state index in [-0.39, 0.29) is 4.90 Å². The fourth-order valence-corrected chi connectivity index (χ4v) is 3.99. The minimum absolute atomic E-state index is 0.0260. The van der Waals surface area contributed by atoms with E-state index in [1.54, 1.807) is 26.0 Å². The third-order valence-electron chi connectivity index (χ3n) is 3.20. The fraction of sp³-hybridized carbons (Fsp3) is 0.200. The number of nitrogens with zero attached hydrogens (tertiary/aromatic N) is 1. The summed E-state index contributed by atoms with van der Waals surface area (Å²) in [7, 11) is -8.60. The summed E-state index contributed by atoms with van der Waals surface area (Å²) in [5.74, 6) is 0. The molecule has 11 heteroatoms. The van der Waals surface area contributed by atoms with Crippen LogP contribution in [0.1, 0.15) is 16.7 Å². The van der Waals surface area contributed by atoms with Gasteiger partial charge in [0, 0.05) is 6.07 Å². The number of hydrogen-bond donors (Lipinski definition) is 2. The first-order valence-electron chi connectivity index (χ1n) is 7.01. The SMILES string of the molecule is Cc1cc(C)c(S(=O)(=O)O)c(C)c1.O=[N+]([O-])c1ccccc1S(=O)(=O)O. The Labute approximate surface area is 150 Å². The Kier molecular flexibility index (Phi) is 6.60. The van der Waals surface area contributed by atoms with Crippen molar-refractivity contribution in [2.75, 3.05) is 0 Å². The maximum absolute atomic E-state index is 10.9. The van der Waals surface area contributed by atoms with Gasteiger partial charge < -0.3 is 0 Å². The van der Waals surface area contributed by atoms with Crippen LogP contribution in [0.5, 0.6) is 0 Å². The van der Waals surface area contributed by atoms with E-state index in [1.807, 2.05) is 6.92 Å². The molecule has 0 aliphatic carbocycles. The van der Waals surface area contributed by atoms with Crippen LogP contribution in [-0.2, 0) is 20.2 Å². The first-order valence-corrected chi connectivity index (χ1v) is 9.89. The van der Waals surface area contributed by atoms with Crippen molar-refractivity contribution in [1.29, 1.82) is 0 Å². The second-order valence-electron chi connectivity index (χ2n) is 5.40. The van der Waals surface area contributed by atoms with Crippen molar-refractivity contribution in [3.63, 3.8) is 0 Å². The number of aryl methyl sites for hydroxylation is 3. The van der Waals surface area contributed by atoms with Crippen molar-refractivity contribution in [2.24, 2.45) is 0 Å². The van der Waals surface area contributed by atoms with Gasteiger partial charge in [0.1, 0.15) is 0 Å². The van der Waals surface area contributed by atoms with Crippen LogP contribution in [0.15, 0.2) is 46.2 Å². The fourth-order valence-electron chi connectivity index (χ4n) is 2.40. The number of benzene rings is 2. The summed E-state index contributed by atoms with van der Waals surface area (Å²) >= 11 is 0. The second kappa shape index (κ2) is 7.91. The molecule has 2 aromatic carbocycles. The van der Waals surface area contributed by atoms with Crippen molar-refractivity contribution < 1.29 is 30.9 Å². The van der Waals surface area contributed by atoms with Crippen LogP contribution in [0.4, 0.5) is 5.69 Å². The van der Waals surface area contributed by atoms with Crippen LogP contribution in [-0.4, -0.2) is 30.9 Å². The number of nitro benzene ring substituents is 1. The molecule has 0 aromatic heterocycles. The lowest BCUT2D eigenvalue weighted by atomic mass is 10.1. The molecule has 0 saturated carbocycles. The molecule has 0 heterocycles. The molecule has 2 N–H and O–H groups in total. The summed E-state index contributed by atoms with van der Waals surface area (Å²) in [4.78, 5) is 8.76. The molecule has 0 amide bonds. The summed E-state index contributed by atoms with van der Waals surface area (Å²) in [6.45, 7) is 5.22. The van der Waals surface area contributed by atoms with E-state index in [2.05, 4.69) is 0 Å². The Morgan fingerprint density at radius 1 is 0.885 bits per heavy atom. The number of hydrogen-bond acceptors (Lipinski definition) is 6. The van der Waals surface area contributed by atoms with Gasteiger partial charge >= 0.3 is 10.1 Å². The third-order valence-corrected chi connectivity index (χ3v) is 5.26. The lowest BCUT2D eigenvalue weighted by Gasteiger charge is -2.07. The number of para-hydroxylation sites is 1. The molecular weight excluding hydrogens is 386 g/mol. The Balaban J connectivity index is 0.000000260. The zero-order valence-corrected chi connectivity index (χ0v) is 15.7. The normalized spacial score (nSPS) is 11.4. The summed E-state index contributed by atoms with van der Waals surface area (Å²) in [5.41, 5.74) is 1.52. The molecule has 0 fully saturated rings. The van der Waals surface area contributed by atoms with Crippen LogP contribution >= 0.6 is 0 Å². The topological polar surface area (TPSA) is 152 Å². The van der Waals surface area contributed by atoms with Crippen LogP contribution in [0.3, 0.4) is 0 Å². The molecule has 0 saturated heterocycles. The molecule has 0 radical (unpaired) electrons. The van der Waals surface area contributed by atoms with Gasteiger partial charge in [0.15, 0.2) is 4.90 Å². The molecule has 0 aliphatic rings. The lowest BCUT2D eigenvalue weighted by molar-refractivity contribution is -0.387. The van der Waals surface area contributed by atoms with Crippen LogP contribution in [0.25, 0.3) is 0 Å². The molecule has 2 rings (SSSR count). The van der Waals surface area contributed by atoms with E-state index in [9.17, 15) is 26.9 Å². The number of nitro groups is 1. The summed E-state index contributed by atoms with van der Waals surface area (Å²) in [6.07, 6.45) is 0. The molecular formula is C15H17NO8S2. The first-order chi connectivity index (χ1) is 11.7. The monoisotopic (exact) mass is 403 g/mol. The van der Waals surface area contributed by atoms with Gasteiger partial charge in [0.2, 0.25) is 0 Å². The standard InChI is InChI=1S/C9H12O3S.C6H5NO5S/c1-6-4-7(2)9(8(3)5-6)13(10,11)12;8-7(9)5-3-1-2-4-6(5)13(10,11)12/h4-5H,1-3H3,(H,10,11,12);1-4H,(H,10,11,12). The van der Waals surface area contributed by atoms with Crippen molar-refractivity contribution in [3.8, 4) is 0 Å². The molecule has 0 aliphatic heterocycles. The van der Waals surface area contributed by atoms with E-state index in [0.717, 1.165) is 17.7 Å². The van der Waals surface area contributed by atoms with Crippen LogP contribution < -0.4 is 0 Å². The van der Waals surface area contributed by atoms with E-state index in [1.165, 1.54) is 12.1 Å².